The molecule has 0 amide bonds. The highest BCUT2D eigenvalue weighted by atomic mass is 28.5. The van der Waals surface area contributed by atoms with Crippen LogP contribution in [0.5, 0.6) is 0 Å². The minimum absolute atomic E-state index is 0.0345. The Morgan fingerprint density at radius 2 is 1.24 bits per heavy atom. The van der Waals surface area contributed by atoms with E-state index in [4.69, 9.17) is 16.5 Å². The maximum absolute atomic E-state index is 11.4. The van der Waals surface area contributed by atoms with Crippen LogP contribution in [-0.2, 0) is 16.5 Å². The normalized spacial score (nSPS) is 20.0. The molecule has 0 spiro atoms. The summed E-state index contributed by atoms with van der Waals surface area (Å²) in [6.45, 7) is 16.9. The molecule has 1 aliphatic rings. The molecule has 1 atom stereocenters. The summed E-state index contributed by atoms with van der Waals surface area (Å²) in [5, 5.41) is 0. The third-order valence-corrected chi connectivity index (χ3v) is 19.3. The topological polar surface area (TPSA) is 57.2 Å². The average Bonchev–Trinajstić information content (AvgIpc) is 2.45. The van der Waals surface area contributed by atoms with Crippen molar-refractivity contribution in [2.45, 2.75) is 96.3 Å². The maximum atomic E-state index is 11.4. The Hall–Kier alpha value is 0.884. The first kappa shape index (κ1) is 23.9. The Kier molecular flexibility index (Phi) is 9.98. The Balaban J connectivity index is 3.24. The van der Waals surface area contributed by atoms with Crippen LogP contribution in [0, 0.1) is 0 Å². The quantitative estimate of drug-likeness (QED) is 0.526. The molecule has 5 nitrogen and oxygen atoms in total. The van der Waals surface area contributed by atoms with Gasteiger partial charge in [0.15, 0.2) is 27.1 Å². The molecule has 0 heterocycles. The molecule has 0 saturated heterocycles. The standard InChI is InChI=1S/C15H40O5Si5/c1-14(2)24(16,17-21(3)4)20-25(18-22(5)6,19-23(7)8)15-12-10-9-11-13-15/h14-16,21-23H,9-13H2,1-8H3. The second-order valence-electron chi connectivity index (χ2n) is 8.33. The molecule has 0 aromatic rings. The second kappa shape index (κ2) is 10.4. The molecule has 1 fully saturated rings. The Morgan fingerprint density at radius 1 is 0.800 bits per heavy atom. The van der Waals surface area contributed by atoms with Gasteiger partial charge in [0.25, 0.3) is 0 Å². The fraction of sp³-hybridized carbons (Fsp3) is 1.00. The Labute approximate surface area is 162 Å². The van der Waals surface area contributed by atoms with E-state index in [1.165, 1.54) is 19.3 Å². The van der Waals surface area contributed by atoms with Crippen molar-refractivity contribution in [1.82, 2.24) is 0 Å². The van der Waals surface area contributed by atoms with Gasteiger partial charge in [0.05, 0.1) is 0 Å². The van der Waals surface area contributed by atoms with Gasteiger partial charge in [-0.3, -0.25) is 0 Å². The van der Waals surface area contributed by atoms with Crippen LogP contribution in [-0.4, -0.2) is 49.5 Å². The van der Waals surface area contributed by atoms with Crippen LogP contribution in [0.3, 0.4) is 0 Å². The molecule has 1 aliphatic carbocycles. The lowest BCUT2D eigenvalue weighted by Crippen LogP contribution is -2.64. The second-order valence-corrected chi connectivity index (χ2v) is 22.7. The summed E-state index contributed by atoms with van der Waals surface area (Å²) in [5.41, 5.74) is 0.286. The van der Waals surface area contributed by atoms with Gasteiger partial charge in [0.1, 0.15) is 0 Å². The van der Waals surface area contributed by atoms with Crippen LogP contribution in [0.15, 0.2) is 0 Å². The zero-order chi connectivity index (χ0) is 19.3. The van der Waals surface area contributed by atoms with E-state index < -0.39 is 44.7 Å². The smallest absolute Gasteiger partial charge is 0.419 e. The first-order valence-electron chi connectivity index (χ1n) is 9.96. The molecule has 1 unspecified atom stereocenters. The summed E-state index contributed by atoms with van der Waals surface area (Å²) in [4.78, 5) is 11.4. The van der Waals surface area contributed by atoms with Crippen LogP contribution in [0.2, 0.25) is 50.4 Å². The van der Waals surface area contributed by atoms with Crippen LogP contribution < -0.4 is 0 Å². The molecule has 0 radical (unpaired) electrons. The van der Waals surface area contributed by atoms with Gasteiger partial charge in [-0.15, -0.1) is 0 Å². The minimum Gasteiger partial charge on any atom is -0.419 e. The molecule has 1 rings (SSSR count). The van der Waals surface area contributed by atoms with Crippen LogP contribution >= 0.6 is 0 Å². The van der Waals surface area contributed by atoms with E-state index in [9.17, 15) is 4.80 Å². The monoisotopic (exact) mass is 440 g/mol. The lowest BCUT2D eigenvalue weighted by molar-refractivity contribution is 0.152. The van der Waals surface area contributed by atoms with E-state index in [-0.39, 0.29) is 5.54 Å². The van der Waals surface area contributed by atoms with Crippen molar-refractivity contribution in [3.05, 3.63) is 0 Å². The van der Waals surface area contributed by atoms with E-state index in [0.29, 0.717) is 5.54 Å². The molecule has 1 saturated carbocycles. The third kappa shape index (κ3) is 7.43. The summed E-state index contributed by atoms with van der Waals surface area (Å²) < 4.78 is 25.9. The van der Waals surface area contributed by atoms with Crippen LogP contribution in [0.1, 0.15) is 46.0 Å². The highest BCUT2D eigenvalue weighted by molar-refractivity contribution is 6.84. The lowest BCUT2D eigenvalue weighted by Gasteiger charge is -2.45. The fourth-order valence-electron chi connectivity index (χ4n) is 3.28. The summed E-state index contributed by atoms with van der Waals surface area (Å²) in [5.74, 6) is 0. The van der Waals surface area contributed by atoms with Crippen molar-refractivity contribution < 1.29 is 21.3 Å². The highest BCUT2D eigenvalue weighted by Crippen LogP contribution is 2.42. The molecule has 0 aliphatic heterocycles. The summed E-state index contributed by atoms with van der Waals surface area (Å²) in [6.07, 6.45) is 5.87. The van der Waals surface area contributed by atoms with Gasteiger partial charge >= 0.3 is 17.6 Å². The first-order valence-corrected chi connectivity index (χ1v) is 21.9. The molecule has 1 N–H and O–H groups in total. The van der Waals surface area contributed by atoms with Gasteiger partial charge in [0.2, 0.25) is 0 Å². The van der Waals surface area contributed by atoms with Crippen molar-refractivity contribution in [2.24, 2.45) is 0 Å². The fourth-order valence-corrected chi connectivity index (χ4v) is 20.8. The van der Waals surface area contributed by atoms with Crippen LogP contribution in [0.25, 0.3) is 0 Å². The lowest BCUT2D eigenvalue weighted by atomic mass is 10.0. The van der Waals surface area contributed by atoms with Crippen molar-refractivity contribution >= 4 is 44.7 Å². The summed E-state index contributed by atoms with van der Waals surface area (Å²) in [7, 11) is -10.5. The molecule has 150 valence electrons. The van der Waals surface area contributed by atoms with Gasteiger partial charge in [-0.1, -0.05) is 33.1 Å². The largest absolute Gasteiger partial charge is 0.482 e. The zero-order valence-electron chi connectivity index (χ0n) is 17.5. The minimum atomic E-state index is -3.33. The van der Waals surface area contributed by atoms with E-state index in [1.807, 2.05) is 13.8 Å². The van der Waals surface area contributed by atoms with E-state index in [1.54, 1.807) is 0 Å². The Morgan fingerprint density at radius 3 is 1.60 bits per heavy atom. The summed E-state index contributed by atoms with van der Waals surface area (Å²) >= 11 is 0. The molecular formula is C15H40O5Si5. The van der Waals surface area contributed by atoms with Gasteiger partial charge in [-0.2, -0.15) is 0 Å². The predicted octanol–water partition coefficient (Wildman–Crippen LogP) is 3.62. The molecule has 10 heteroatoms. The van der Waals surface area contributed by atoms with Crippen molar-refractivity contribution in [2.75, 3.05) is 0 Å². The number of hydrogen-bond acceptors (Lipinski definition) is 5. The van der Waals surface area contributed by atoms with Crippen LogP contribution in [0.4, 0.5) is 0 Å². The molecular weight excluding hydrogens is 401 g/mol. The van der Waals surface area contributed by atoms with E-state index in [2.05, 4.69) is 39.3 Å². The van der Waals surface area contributed by atoms with Crippen molar-refractivity contribution in [3.8, 4) is 0 Å². The molecule has 0 aromatic heterocycles. The summed E-state index contributed by atoms with van der Waals surface area (Å²) in [6, 6.07) is 0. The van der Waals surface area contributed by atoms with E-state index in [0.717, 1.165) is 12.8 Å². The first-order chi connectivity index (χ1) is 11.5. The zero-order valence-corrected chi connectivity index (χ0v) is 23.0. The van der Waals surface area contributed by atoms with Gasteiger partial charge < -0.3 is 21.3 Å². The maximum Gasteiger partial charge on any atom is 0.482 e. The predicted molar refractivity (Wildman–Crippen MR) is 117 cm³/mol. The van der Waals surface area contributed by atoms with Gasteiger partial charge in [0, 0.05) is 11.1 Å². The molecule has 0 bridgehead atoms. The van der Waals surface area contributed by atoms with E-state index >= 15 is 0 Å². The molecule has 25 heavy (non-hydrogen) atoms. The molecule has 0 aromatic carbocycles. The van der Waals surface area contributed by atoms with Gasteiger partial charge in [-0.25, -0.2) is 0 Å². The highest BCUT2D eigenvalue weighted by Gasteiger charge is 2.58. The van der Waals surface area contributed by atoms with Crippen molar-refractivity contribution in [1.29, 1.82) is 0 Å². The third-order valence-electron chi connectivity index (χ3n) is 4.33. The van der Waals surface area contributed by atoms with Crippen molar-refractivity contribution in [3.63, 3.8) is 0 Å². The average molecular weight is 441 g/mol. The number of hydrogen-bond donors (Lipinski definition) is 1. The Bertz CT molecular complexity index is 381. The van der Waals surface area contributed by atoms with Gasteiger partial charge in [-0.05, 0) is 52.1 Å². The number of rotatable bonds is 10. The SMILES string of the molecule is CC(C)[Si](O)(O[SiH](C)C)O[Si](O[SiH](C)C)(O[SiH](C)C)C1CCCCC1.